The van der Waals surface area contributed by atoms with Crippen molar-refractivity contribution >= 4 is 5.97 Å². The Morgan fingerprint density at radius 1 is 1.17 bits per heavy atom. The second kappa shape index (κ2) is 12.7. The van der Waals surface area contributed by atoms with Crippen LogP contribution in [-0.4, -0.2) is 49.3 Å². The van der Waals surface area contributed by atoms with Crippen molar-refractivity contribution in [3.8, 4) is 0 Å². The van der Waals surface area contributed by atoms with Crippen LogP contribution in [0.3, 0.4) is 0 Å². The summed E-state index contributed by atoms with van der Waals surface area (Å²) < 4.78 is 16.7. The quantitative estimate of drug-likeness (QED) is 0.273. The number of nitrogens with two attached hydrogens (primary N) is 1. The Morgan fingerprint density at radius 3 is 2.62 bits per heavy atom. The largest absolute Gasteiger partial charge is 0.469 e. The van der Waals surface area contributed by atoms with E-state index in [1.165, 1.54) is 20.0 Å². The van der Waals surface area contributed by atoms with Gasteiger partial charge in [-0.25, -0.2) is 0 Å². The van der Waals surface area contributed by atoms with E-state index in [0.29, 0.717) is 26.1 Å². The molecule has 4 atom stereocenters. The minimum atomic E-state index is -0.448. The van der Waals surface area contributed by atoms with E-state index in [4.69, 9.17) is 15.2 Å². The standard InChI is InChI=1S/C23H41NO5/c1-3-4-9-13-23(28-15-16-29-23)14-12-18-19(21(25)17-20(18)24)10-7-5-6-8-11-22(26)27-2/h5,7,18-21,25H,3-4,6,8-17,24H2,1-2H3/b7-5-/t18-,19-,20-,21+/m1/s1. The number of unbranched alkanes of at least 4 members (excludes halogenated alkanes) is 3. The van der Waals surface area contributed by atoms with Gasteiger partial charge in [0.15, 0.2) is 5.79 Å². The van der Waals surface area contributed by atoms with Crippen LogP contribution in [0.25, 0.3) is 0 Å². The van der Waals surface area contributed by atoms with Gasteiger partial charge in [-0.3, -0.25) is 4.79 Å². The van der Waals surface area contributed by atoms with E-state index in [9.17, 15) is 9.90 Å². The number of methoxy groups -OCH3 is 1. The summed E-state index contributed by atoms with van der Waals surface area (Å²) in [5.41, 5.74) is 6.39. The number of carbonyl (C=O) groups excluding carboxylic acids is 1. The number of esters is 1. The molecule has 1 aliphatic carbocycles. The number of aliphatic hydroxyl groups excluding tert-OH is 1. The normalized spacial score (nSPS) is 29.0. The summed E-state index contributed by atoms with van der Waals surface area (Å²) >= 11 is 0. The summed E-state index contributed by atoms with van der Waals surface area (Å²) in [7, 11) is 1.42. The first-order valence-electron chi connectivity index (χ1n) is 11.4. The molecule has 6 heteroatoms. The third kappa shape index (κ3) is 7.67. The van der Waals surface area contributed by atoms with Crippen molar-refractivity contribution in [1.29, 1.82) is 0 Å². The molecule has 2 aliphatic rings. The Balaban J connectivity index is 1.82. The van der Waals surface area contributed by atoms with Gasteiger partial charge in [-0.05, 0) is 50.4 Å². The van der Waals surface area contributed by atoms with Gasteiger partial charge >= 0.3 is 5.97 Å². The molecule has 29 heavy (non-hydrogen) atoms. The van der Waals surface area contributed by atoms with Crippen molar-refractivity contribution in [2.24, 2.45) is 17.6 Å². The number of aliphatic hydroxyl groups is 1. The van der Waals surface area contributed by atoms with Crippen molar-refractivity contribution in [3.05, 3.63) is 12.2 Å². The number of ether oxygens (including phenoxy) is 3. The van der Waals surface area contributed by atoms with Gasteiger partial charge in [0, 0.05) is 25.3 Å². The number of rotatable bonds is 13. The fourth-order valence-corrected chi connectivity index (χ4v) is 4.77. The Hall–Kier alpha value is -0.950. The topological polar surface area (TPSA) is 91.0 Å². The molecule has 0 unspecified atom stereocenters. The summed E-state index contributed by atoms with van der Waals surface area (Å²) in [6.07, 6.45) is 13.7. The Morgan fingerprint density at radius 2 is 1.93 bits per heavy atom. The summed E-state index contributed by atoms with van der Waals surface area (Å²) in [6.45, 7) is 3.54. The fraction of sp³-hybridized carbons (Fsp3) is 0.870. The SMILES string of the molecule is CCCCCC1(CC[C@@H]2[C@@H](C/C=C\CCCC(=O)OC)[C@@H](O)C[C@H]2N)OCCO1. The lowest BCUT2D eigenvalue weighted by Crippen LogP contribution is -2.34. The van der Waals surface area contributed by atoms with Crippen LogP contribution < -0.4 is 5.73 Å². The molecule has 0 spiro atoms. The highest BCUT2D eigenvalue weighted by Crippen LogP contribution is 2.40. The smallest absolute Gasteiger partial charge is 0.305 e. The summed E-state index contributed by atoms with van der Waals surface area (Å²) in [6, 6.07) is 0.0248. The van der Waals surface area contributed by atoms with Crippen LogP contribution in [0, 0.1) is 11.8 Å². The van der Waals surface area contributed by atoms with Gasteiger partial charge in [0.1, 0.15) is 0 Å². The predicted octanol–water partition coefficient (Wildman–Crippen LogP) is 3.70. The van der Waals surface area contributed by atoms with Crippen molar-refractivity contribution in [3.63, 3.8) is 0 Å². The second-order valence-corrected chi connectivity index (χ2v) is 8.57. The van der Waals surface area contributed by atoms with E-state index >= 15 is 0 Å². The molecule has 1 saturated carbocycles. The van der Waals surface area contributed by atoms with Gasteiger partial charge in [0.25, 0.3) is 0 Å². The molecule has 1 saturated heterocycles. The maximum Gasteiger partial charge on any atom is 0.305 e. The third-order valence-corrected chi connectivity index (χ3v) is 6.50. The zero-order chi connectivity index (χ0) is 21.1. The predicted molar refractivity (Wildman–Crippen MR) is 113 cm³/mol. The number of carbonyl (C=O) groups is 1. The van der Waals surface area contributed by atoms with Crippen LogP contribution in [0.1, 0.15) is 77.6 Å². The van der Waals surface area contributed by atoms with Crippen LogP contribution in [-0.2, 0) is 19.0 Å². The minimum Gasteiger partial charge on any atom is -0.469 e. The van der Waals surface area contributed by atoms with Crippen LogP contribution in [0.5, 0.6) is 0 Å². The van der Waals surface area contributed by atoms with Crippen LogP contribution in [0.15, 0.2) is 12.2 Å². The van der Waals surface area contributed by atoms with Crippen LogP contribution >= 0.6 is 0 Å². The van der Waals surface area contributed by atoms with Crippen LogP contribution in [0.2, 0.25) is 0 Å². The van der Waals surface area contributed by atoms with Crippen molar-refractivity contribution in [2.75, 3.05) is 20.3 Å². The monoisotopic (exact) mass is 411 g/mol. The average Bonchev–Trinajstić information content (AvgIpc) is 3.27. The highest BCUT2D eigenvalue weighted by Gasteiger charge is 2.43. The molecule has 6 nitrogen and oxygen atoms in total. The Bertz CT molecular complexity index is 503. The molecule has 1 heterocycles. The first-order chi connectivity index (χ1) is 14.0. The first kappa shape index (κ1) is 24.3. The van der Waals surface area contributed by atoms with Gasteiger partial charge in [-0.15, -0.1) is 0 Å². The van der Waals surface area contributed by atoms with E-state index < -0.39 is 5.79 Å². The maximum atomic E-state index is 11.2. The lowest BCUT2D eigenvalue weighted by atomic mass is 9.84. The van der Waals surface area contributed by atoms with Crippen molar-refractivity contribution < 1.29 is 24.1 Å². The van der Waals surface area contributed by atoms with Crippen molar-refractivity contribution in [1.82, 2.24) is 0 Å². The zero-order valence-corrected chi connectivity index (χ0v) is 18.3. The molecular formula is C23H41NO5. The molecule has 3 N–H and O–H groups in total. The molecular weight excluding hydrogens is 370 g/mol. The van der Waals surface area contributed by atoms with E-state index in [2.05, 4.69) is 23.8 Å². The summed E-state index contributed by atoms with van der Waals surface area (Å²) in [5, 5.41) is 10.5. The van der Waals surface area contributed by atoms with Gasteiger partial charge in [0.2, 0.25) is 0 Å². The van der Waals surface area contributed by atoms with Crippen molar-refractivity contribution in [2.45, 2.75) is 95.5 Å². The highest BCUT2D eigenvalue weighted by atomic mass is 16.7. The summed E-state index contributed by atoms with van der Waals surface area (Å²) in [5.74, 6) is -0.159. The zero-order valence-electron chi connectivity index (χ0n) is 18.3. The summed E-state index contributed by atoms with van der Waals surface area (Å²) in [4.78, 5) is 11.2. The number of hydrogen-bond acceptors (Lipinski definition) is 6. The minimum absolute atomic E-state index is 0.0248. The molecule has 0 aromatic carbocycles. The lowest BCUT2D eigenvalue weighted by Gasteiger charge is -2.31. The lowest BCUT2D eigenvalue weighted by molar-refractivity contribution is -0.170. The Kier molecular flexibility index (Phi) is 10.6. The molecule has 0 amide bonds. The molecule has 2 rings (SSSR count). The molecule has 1 aliphatic heterocycles. The van der Waals surface area contributed by atoms with Crippen LogP contribution in [0.4, 0.5) is 0 Å². The molecule has 2 fully saturated rings. The maximum absolute atomic E-state index is 11.2. The second-order valence-electron chi connectivity index (χ2n) is 8.57. The highest BCUT2D eigenvalue weighted by molar-refractivity contribution is 5.69. The third-order valence-electron chi connectivity index (χ3n) is 6.50. The van der Waals surface area contributed by atoms with E-state index in [1.807, 2.05) is 0 Å². The number of allylic oxidation sites excluding steroid dienone is 2. The molecule has 0 bridgehead atoms. The van der Waals surface area contributed by atoms with Gasteiger partial charge in [0.05, 0.1) is 26.4 Å². The molecule has 0 radical (unpaired) electrons. The Labute approximate surface area is 176 Å². The molecule has 0 aromatic heterocycles. The van der Waals surface area contributed by atoms with Gasteiger partial charge < -0.3 is 25.1 Å². The van der Waals surface area contributed by atoms with Gasteiger partial charge in [-0.2, -0.15) is 0 Å². The van der Waals surface area contributed by atoms with E-state index in [0.717, 1.165) is 44.9 Å². The van der Waals surface area contributed by atoms with E-state index in [1.54, 1.807) is 0 Å². The molecule has 168 valence electrons. The fourth-order valence-electron chi connectivity index (χ4n) is 4.77. The van der Waals surface area contributed by atoms with E-state index in [-0.39, 0.29) is 30.0 Å². The molecule has 0 aromatic rings. The van der Waals surface area contributed by atoms with Gasteiger partial charge in [-0.1, -0.05) is 31.9 Å². The number of hydrogen-bond donors (Lipinski definition) is 2. The average molecular weight is 412 g/mol. The first-order valence-corrected chi connectivity index (χ1v) is 11.4.